The number of amides is 2. The number of nitrogens with one attached hydrogen (secondary N) is 1. The maximum atomic E-state index is 12.4. The van der Waals surface area contributed by atoms with Gasteiger partial charge in [-0.3, -0.25) is 0 Å². The van der Waals surface area contributed by atoms with E-state index in [0.717, 1.165) is 12.1 Å². The van der Waals surface area contributed by atoms with E-state index < -0.39 is 34.2 Å². The molecule has 0 aliphatic rings. The molecule has 0 radical (unpaired) electrons. The molecule has 0 unspecified atom stereocenters. The van der Waals surface area contributed by atoms with Gasteiger partial charge in [-0.1, -0.05) is 12.1 Å². The van der Waals surface area contributed by atoms with Crippen LogP contribution >= 0.6 is 0 Å². The van der Waals surface area contributed by atoms with Gasteiger partial charge in [0.05, 0.1) is 10.9 Å². The molecule has 0 aliphatic heterocycles. The highest BCUT2D eigenvalue weighted by atomic mass is 32.2. The van der Waals surface area contributed by atoms with Crippen LogP contribution in [0.2, 0.25) is 0 Å². The first-order valence-corrected chi connectivity index (χ1v) is 9.44. The number of carbonyl (C=O) groups is 1. The lowest BCUT2D eigenvalue weighted by Gasteiger charge is -2.25. The first-order chi connectivity index (χ1) is 12.9. The molecule has 0 bridgehead atoms. The van der Waals surface area contributed by atoms with E-state index >= 15 is 0 Å². The van der Waals surface area contributed by atoms with Crippen molar-refractivity contribution in [3.8, 4) is 5.75 Å². The number of hydrogen-bond acceptors (Lipinski definition) is 4. The van der Waals surface area contributed by atoms with Crippen LogP contribution in [0.15, 0.2) is 53.4 Å². The number of hydrogen-bond donors (Lipinski definition) is 2. The molecule has 7 nitrogen and oxygen atoms in total. The molecule has 0 heterocycles. The van der Waals surface area contributed by atoms with Crippen molar-refractivity contribution in [2.75, 3.05) is 12.4 Å². The van der Waals surface area contributed by atoms with Crippen molar-refractivity contribution in [2.24, 2.45) is 5.14 Å². The minimum absolute atomic E-state index is 0.0447. The van der Waals surface area contributed by atoms with Crippen LogP contribution in [0.1, 0.15) is 18.5 Å². The average Bonchev–Trinajstić information content (AvgIpc) is 2.60. The number of primary sulfonamides is 1. The van der Waals surface area contributed by atoms with Crippen molar-refractivity contribution >= 4 is 21.7 Å². The maximum Gasteiger partial charge on any atom is 0.573 e. The maximum absolute atomic E-state index is 12.4. The molecule has 0 aromatic heterocycles. The van der Waals surface area contributed by atoms with Gasteiger partial charge in [0.25, 0.3) is 0 Å². The van der Waals surface area contributed by atoms with Crippen LogP contribution in [0.25, 0.3) is 0 Å². The molecule has 28 heavy (non-hydrogen) atoms. The van der Waals surface area contributed by atoms with Crippen LogP contribution < -0.4 is 15.2 Å². The van der Waals surface area contributed by atoms with Gasteiger partial charge >= 0.3 is 12.4 Å². The summed E-state index contributed by atoms with van der Waals surface area (Å²) in [6, 6.07) is 9.55. The van der Waals surface area contributed by atoms with E-state index in [1.807, 2.05) is 0 Å². The Kier molecular flexibility index (Phi) is 6.20. The summed E-state index contributed by atoms with van der Waals surface area (Å²) in [7, 11) is -2.29. The monoisotopic (exact) mass is 417 g/mol. The van der Waals surface area contributed by atoms with Gasteiger partial charge in [0.1, 0.15) is 5.75 Å². The van der Waals surface area contributed by atoms with E-state index in [-0.39, 0.29) is 10.6 Å². The Bertz CT molecular complexity index is 930. The Morgan fingerprint density at radius 3 is 2.11 bits per heavy atom. The van der Waals surface area contributed by atoms with Crippen molar-refractivity contribution in [1.29, 1.82) is 0 Å². The lowest BCUT2D eigenvalue weighted by molar-refractivity contribution is -0.274. The third-order valence-electron chi connectivity index (χ3n) is 3.93. The lowest BCUT2D eigenvalue weighted by Crippen LogP contribution is -2.33. The normalized spacial score (nSPS) is 12.9. The molecule has 2 aromatic rings. The van der Waals surface area contributed by atoms with Gasteiger partial charge in [-0.2, -0.15) is 0 Å². The molecular formula is C17H18F3N3O4S. The SMILES string of the molecule is C[C@@H](c1ccc(S(N)(=O)=O)cc1)N(C)C(=O)Nc1ccc(OC(F)(F)F)cc1. The molecule has 152 valence electrons. The summed E-state index contributed by atoms with van der Waals surface area (Å²) in [6.07, 6.45) is -4.79. The predicted molar refractivity (Wildman–Crippen MR) is 96.1 cm³/mol. The van der Waals surface area contributed by atoms with Gasteiger partial charge in [0, 0.05) is 12.7 Å². The van der Waals surface area contributed by atoms with Crippen LogP contribution in [0, 0.1) is 0 Å². The van der Waals surface area contributed by atoms with Crippen molar-refractivity contribution < 1.29 is 31.1 Å². The largest absolute Gasteiger partial charge is 0.573 e. The highest BCUT2D eigenvalue weighted by Crippen LogP contribution is 2.25. The minimum Gasteiger partial charge on any atom is -0.406 e. The summed E-state index contributed by atoms with van der Waals surface area (Å²) in [5.74, 6) is -0.401. The third-order valence-corrected chi connectivity index (χ3v) is 4.86. The summed E-state index contributed by atoms with van der Waals surface area (Å²) < 4.78 is 62.8. The van der Waals surface area contributed by atoms with Crippen LogP contribution in [0.5, 0.6) is 5.75 Å². The molecule has 0 saturated carbocycles. The summed E-state index contributed by atoms with van der Waals surface area (Å²) in [4.78, 5) is 13.7. The second-order valence-corrected chi connectivity index (χ2v) is 7.46. The number of alkyl halides is 3. The standard InChI is InChI=1S/C17H18F3N3O4S/c1-11(12-3-9-15(10-4-12)28(21,25)26)23(2)16(24)22-13-5-7-14(8-6-13)27-17(18,19)20/h3-11H,1-2H3,(H,22,24)(H2,21,25,26)/t11-/m0/s1. The number of sulfonamides is 1. The highest BCUT2D eigenvalue weighted by molar-refractivity contribution is 7.89. The second-order valence-electron chi connectivity index (χ2n) is 5.90. The number of halogens is 3. The summed E-state index contributed by atoms with van der Waals surface area (Å²) in [6.45, 7) is 1.73. The van der Waals surface area contributed by atoms with E-state index in [0.29, 0.717) is 5.56 Å². The van der Waals surface area contributed by atoms with Gasteiger partial charge in [0.15, 0.2) is 0 Å². The molecule has 0 aliphatic carbocycles. The molecule has 11 heteroatoms. The van der Waals surface area contributed by atoms with E-state index in [4.69, 9.17) is 5.14 Å². The molecular weight excluding hydrogens is 399 g/mol. The number of ether oxygens (including phenoxy) is 1. The van der Waals surface area contributed by atoms with Crippen molar-refractivity contribution in [3.05, 3.63) is 54.1 Å². The zero-order valence-corrected chi connectivity index (χ0v) is 15.7. The topological polar surface area (TPSA) is 102 Å². The number of anilines is 1. The van der Waals surface area contributed by atoms with Crippen LogP contribution in [0.3, 0.4) is 0 Å². The Morgan fingerprint density at radius 1 is 1.11 bits per heavy atom. The molecule has 2 rings (SSSR count). The van der Waals surface area contributed by atoms with Crippen molar-refractivity contribution in [3.63, 3.8) is 0 Å². The zero-order chi connectivity index (χ0) is 21.1. The van der Waals surface area contributed by atoms with Gasteiger partial charge in [-0.25, -0.2) is 18.4 Å². The van der Waals surface area contributed by atoms with Gasteiger partial charge < -0.3 is 15.0 Å². The smallest absolute Gasteiger partial charge is 0.406 e. The number of urea groups is 1. The van der Waals surface area contributed by atoms with Gasteiger partial charge in [-0.05, 0) is 48.9 Å². The Hall–Kier alpha value is -2.79. The van der Waals surface area contributed by atoms with Gasteiger partial charge in [-0.15, -0.1) is 13.2 Å². The molecule has 3 N–H and O–H groups in total. The van der Waals surface area contributed by atoms with Crippen molar-refractivity contribution in [1.82, 2.24) is 4.90 Å². The molecule has 0 fully saturated rings. The zero-order valence-electron chi connectivity index (χ0n) is 14.9. The molecule has 2 amide bonds. The number of benzene rings is 2. The predicted octanol–water partition coefficient (Wildman–Crippen LogP) is 3.46. The third kappa shape index (κ3) is 5.86. The summed E-state index contributed by atoms with van der Waals surface area (Å²) in [5, 5.41) is 7.60. The van der Waals surface area contributed by atoms with Crippen LogP contribution in [-0.4, -0.2) is 32.8 Å². The Balaban J connectivity index is 2.03. The van der Waals surface area contributed by atoms with E-state index in [9.17, 15) is 26.4 Å². The quantitative estimate of drug-likeness (QED) is 0.778. The summed E-state index contributed by atoms with van der Waals surface area (Å²) in [5.41, 5.74) is 0.946. The Labute approximate surface area is 159 Å². The fraction of sp³-hybridized carbons (Fsp3) is 0.235. The molecule has 1 atom stereocenters. The average molecular weight is 417 g/mol. The number of nitrogens with zero attached hydrogens (tertiary/aromatic N) is 1. The number of nitrogens with two attached hydrogens (primary N) is 1. The minimum atomic E-state index is -4.79. The lowest BCUT2D eigenvalue weighted by atomic mass is 10.1. The van der Waals surface area contributed by atoms with E-state index in [1.54, 1.807) is 6.92 Å². The van der Waals surface area contributed by atoms with E-state index in [2.05, 4.69) is 10.1 Å². The first kappa shape index (κ1) is 21.5. The molecule has 0 spiro atoms. The number of rotatable bonds is 5. The molecule has 0 saturated heterocycles. The van der Waals surface area contributed by atoms with Crippen LogP contribution in [-0.2, 0) is 10.0 Å². The first-order valence-electron chi connectivity index (χ1n) is 7.89. The summed E-state index contributed by atoms with van der Waals surface area (Å²) >= 11 is 0. The van der Waals surface area contributed by atoms with Gasteiger partial charge in [0.2, 0.25) is 10.0 Å². The number of carbonyl (C=O) groups excluding carboxylic acids is 1. The van der Waals surface area contributed by atoms with E-state index in [1.165, 1.54) is 48.3 Å². The highest BCUT2D eigenvalue weighted by Gasteiger charge is 2.31. The second kappa shape index (κ2) is 8.07. The Morgan fingerprint density at radius 2 is 1.64 bits per heavy atom. The fourth-order valence-electron chi connectivity index (χ4n) is 2.29. The van der Waals surface area contributed by atoms with Crippen LogP contribution in [0.4, 0.5) is 23.7 Å². The fourth-order valence-corrected chi connectivity index (χ4v) is 2.80. The molecule has 2 aromatic carbocycles. The van der Waals surface area contributed by atoms with Crippen molar-refractivity contribution in [2.45, 2.75) is 24.2 Å².